The molecule has 0 radical (unpaired) electrons. The van der Waals surface area contributed by atoms with Crippen LogP contribution in [0.1, 0.15) is 5.56 Å². The molecule has 5 nitrogen and oxygen atoms in total. The van der Waals surface area contributed by atoms with E-state index in [0.717, 1.165) is 0 Å². The smallest absolute Gasteiger partial charge is 0.270 e. The maximum Gasteiger partial charge on any atom is 0.270 e. The quantitative estimate of drug-likeness (QED) is 0.645. The number of nitriles is 1. The summed E-state index contributed by atoms with van der Waals surface area (Å²) in [6, 6.07) is 11.2. The van der Waals surface area contributed by atoms with Crippen molar-refractivity contribution in [1.82, 2.24) is 0 Å². The van der Waals surface area contributed by atoms with Crippen molar-refractivity contribution < 1.29 is 4.92 Å². The van der Waals surface area contributed by atoms with Gasteiger partial charge in [-0.2, -0.15) is 5.26 Å². The number of hydrogen-bond donors (Lipinski definition) is 1. The number of benzene rings is 2. The van der Waals surface area contributed by atoms with E-state index in [9.17, 15) is 10.1 Å². The van der Waals surface area contributed by atoms with Gasteiger partial charge < -0.3 is 5.32 Å². The molecule has 0 aliphatic heterocycles. The summed E-state index contributed by atoms with van der Waals surface area (Å²) in [5.41, 5.74) is 1.29. The van der Waals surface area contributed by atoms with Gasteiger partial charge >= 0.3 is 0 Å². The summed E-state index contributed by atoms with van der Waals surface area (Å²) in [7, 11) is 0. The predicted octanol–water partition coefficient (Wildman–Crippen LogP) is 4.63. The Hall–Kier alpha value is -2.10. The minimum Gasteiger partial charge on any atom is -0.354 e. The molecule has 0 aromatic heterocycles. The lowest BCUT2D eigenvalue weighted by Crippen LogP contribution is -1.96. The summed E-state index contributed by atoms with van der Waals surface area (Å²) in [6.45, 7) is 0. The highest BCUT2D eigenvalue weighted by Gasteiger charge is 2.11. The van der Waals surface area contributed by atoms with E-state index in [-0.39, 0.29) is 11.3 Å². The summed E-state index contributed by atoms with van der Waals surface area (Å²) in [4.78, 5) is 10.1. The van der Waals surface area contributed by atoms with Crippen LogP contribution in [0.2, 0.25) is 5.02 Å². The van der Waals surface area contributed by atoms with Crippen LogP contribution in [0.15, 0.2) is 40.9 Å². The maximum absolute atomic E-state index is 10.7. The van der Waals surface area contributed by atoms with Gasteiger partial charge in [-0.05, 0) is 40.2 Å². The number of nitrogens with zero attached hydrogens (tertiary/aromatic N) is 2. The summed E-state index contributed by atoms with van der Waals surface area (Å²) in [6.07, 6.45) is 0. The number of nitro benzene ring substituents is 1. The van der Waals surface area contributed by atoms with E-state index in [1.165, 1.54) is 18.2 Å². The van der Waals surface area contributed by atoms with Crippen molar-refractivity contribution in [3.63, 3.8) is 0 Å². The monoisotopic (exact) mass is 351 g/mol. The lowest BCUT2D eigenvalue weighted by atomic mass is 10.1. The Bertz CT molecular complexity index is 728. The molecule has 0 saturated carbocycles. The Morgan fingerprint density at radius 3 is 2.65 bits per heavy atom. The molecule has 2 rings (SSSR count). The molecule has 0 fully saturated rings. The van der Waals surface area contributed by atoms with Crippen LogP contribution in [0.25, 0.3) is 0 Å². The van der Waals surface area contributed by atoms with Crippen LogP contribution in [-0.2, 0) is 0 Å². The molecule has 0 atom stereocenters. The van der Waals surface area contributed by atoms with Crippen LogP contribution in [0, 0.1) is 21.4 Å². The summed E-state index contributed by atoms with van der Waals surface area (Å²) in [5, 5.41) is 23.3. The largest absolute Gasteiger partial charge is 0.354 e. The van der Waals surface area contributed by atoms with Gasteiger partial charge in [-0.1, -0.05) is 11.6 Å². The zero-order valence-corrected chi connectivity index (χ0v) is 12.3. The zero-order chi connectivity index (χ0) is 14.7. The fourth-order valence-corrected chi connectivity index (χ4v) is 2.07. The van der Waals surface area contributed by atoms with Crippen molar-refractivity contribution in [3.05, 3.63) is 61.6 Å². The second kappa shape index (κ2) is 5.90. The van der Waals surface area contributed by atoms with Gasteiger partial charge in [0.05, 0.1) is 21.2 Å². The van der Waals surface area contributed by atoms with E-state index in [1.807, 2.05) is 6.07 Å². The second-order valence-corrected chi connectivity index (χ2v) is 5.11. The standard InChI is InChI=1S/C13H7BrClN3O2/c14-11-6-9(1-3-12(11)15)17-13-4-2-10(18(19)20)5-8(13)7-16/h1-6,17H. The topological polar surface area (TPSA) is 79.0 Å². The first kappa shape index (κ1) is 14.3. The van der Waals surface area contributed by atoms with E-state index >= 15 is 0 Å². The molecular formula is C13H7BrClN3O2. The summed E-state index contributed by atoms with van der Waals surface area (Å²) in [5.74, 6) is 0. The Labute approximate surface area is 128 Å². The fourth-order valence-electron chi connectivity index (χ4n) is 1.58. The molecule has 0 heterocycles. The average Bonchev–Trinajstić information content (AvgIpc) is 2.43. The van der Waals surface area contributed by atoms with E-state index in [4.69, 9.17) is 16.9 Å². The average molecular weight is 353 g/mol. The third-order valence-electron chi connectivity index (χ3n) is 2.53. The summed E-state index contributed by atoms with van der Waals surface area (Å²) >= 11 is 9.20. The summed E-state index contributed by atoms with van der Waals surface area (Å²) < 4.78 is 0.713. The SMILES string of the molecule is N#Cc1cc([N+](=O)[O-])ccc1Nc1ccc(Cl)c(Br)c1. The van der Waals surface area contributed by atoms with Crippen molar-refractivity contribution in [2.45, 2.75) is 0 Å². The van der Waals surface area contributed by atoms with Gasteiger partial charge in [-0.25, -0.2) is 0 Å². The first-order valence-electron chi connectivity index (χ1n) is 5.42. The number of rotatable bonds is 3. The molecule has 0 bridgehead atoms. The minimum atomic E-state index is -0.538. The van der Waals surface area contributed by atoms with Crippen molar-refractivity contribution in [2.24, 2.45) is 0 Å². The molecular weight excluding hydrogens is 346 g/mol. The number of non-ortho nitro benzene ring substituents is 1. The second-order valence-electron chi connectivity index (χ2n) is 3.85. The maximum atomic E-state index is 10.7. The number of nitro groups is 1. The molecule has 0 amide bonds. The third-order valence-corrected chi connectivity index (χ3v) is 3.75. The van der Waals surface area contributed by atoms with Gasteiger partial charge in [-0.15, -0.1) is 0 Å². The normalized spacial score (nSPS) is 9.85. The highest BCUT2D eigenvalue weighted by molar-refractivity contribution is 9.10. The van der Waals surface area contributed by atoms with Crippen LogP contribution in [0.4, 0.5) is 17.1 Å². The van der Waals surface area contributed by atoms with Gasteiger partial charge in [0, 0.05) is 22.3 Å². The number of halogens is 2. The molecule has 0 aliphatic carbocycles. The minimum absolute atomic E-state index is 0.121. The molecule has 2 aromatic rings. The van der Waals surface area contributed by atoms with Crippen LogP contribution in [0.5, 0.6) is 0 Å². The number of hydrogen-bond acceptors (Lipinski definition) is 4. The van der Waals surface area contributed by atoms with E-state index in [0.29, 0.717) is 20.9 Å². The highest BCUT2D eigenvalue weighted by Crippen LogP contribution is 2.29. The number of anilines is 2. The first-order chi connectivity index (χ1) is 9.51. The van der Waals surface area contributed by atoms with Gasteiger partial charge in [0.25, 0.3) is 5.69 Å². The van der Waals surface area contributed by atoms with Crippen molar-refractivity contribution in [1.29, 1.82) is 5.26 Å². The van der Waals surface area contributed by atoms with Gasteiger partial charge in [0.1, 0.15) is 6.07 Å². The molecule has 1 N–H and O–H groups in total. The highest BCUT2D eigenvalue weighted by atomic mass is 79.9. The number of nitrogens with one attached hydrogen (secondary N) is 1. The van der Waals surface area contributed by atoms with Gasteiger partial charge in [-0.3, -0.25) is 10.1 Å². The van der Waals surface area contributed by atoms with Crippen molar-refractivity contribution in [2.75, 3.05) is 5.32 Å². The fraction of sp³-hybridized carbons (Fsp3) is 0. The molecule has 0 aliphatic rings. The van der Waals surface area contributed by atoms with Gasteiger partial charge in [0.15, 0.2) is 0 Å². The van der Waals surface area contributed by atoms with Crippen LogP contribution in [0.3, 0.4) is 0 Å². The molecule has 100 valence electrons. The molecule has 0 spiro atoms. The van der Waals surface area contributed by atoms with Crippen LogP contribution in [-0.4, -0.2) is 4.92 Å². The lowest BCUT2D eigenvalue weighted by Gasteiger charge is -2.09. The third kappa shape index (κ3) is 3.07. The van der Waals surface area contributed by atoms with Crippen LogP contribution >= 0.6 is 27.5 Å². The van der Waals surface area contributed by atoms with Crippen molar-refractivity contribution >= 4 is 44.6 Å². The Balaban J connectivity index is 2.36. The molecule has 2 aromatic carbocycles. The predicted molar refractivity (Wildman–Crippen MR) is 80.2 cm³/mol. The van der Waals surface area contributed by atoms with Gasteiger partial charge in [0.2, 0.25) is 0 Å². The Kier molecular flexibility index (Phi) is 4.23. The van der Waals surface area contributed by atoms with E-state index in [2.05, 4.69) is 21.2 Å². The molecule has 0 saturated heterocycles. The zero-order valence-electron chi connectivity index (χ0n) is 9.93. The Morgan fingerprint density at radius 1 is 1.30 bits per heavy atom. The van der Waals surface area contributed by atoms with E-state index < -0.39 is 4.92 Å². The lowest BCUT2D eigenvalue weighted by molar-refractivity contribution is -0.384. The Morgan fingerprint density at radius 2 is 2.05 bits per heavy atom. The van der Waals surface area contributed by atoms with Crippen LogP contribution < -0.4 is 5.32 Å². The van der Waals surface area contributed by atoms with Crippen molar-refractivity contribution in [3.8, 4) is 6.07 Å². The molecule has 20 heavy (non-hydrogen) atoms. The molecule has 0 unspecified atom stereocenters. The first-order valence-corrected chi connectivity index (χ1v) is 6.59. The van der Waals surface area contributed by atoms with E-state index in [1.54, 1.807) is 18.2 Å². The molecule has 7 heteroatoms.